The van der Waals surface area contributed by atoms with Gasteiger partial charge in [-0.05, 0) is 30.3 Å². The minimum Gasteiger partial charge on any atom is -0.326 e. The second-order valence-corrected chi connectivity index (χ2v) is 8.19. The molecule has 0 aliphatic heterocycles. The summed E-state index contributed by atoms with van der Waals surface area (Å²) in [7, 11) is -3.87. The van der Waals surface area contributed by atoms with Crippen molar-refractivity contribution in [2.45, 2.75) is 25.7 Å². The van der Waals surface area contributed by atoms with E-state index in [0.717, 1.165) is 0 Å². The van der Waals surface area contributed by atoms with Crippen LogP contribution in [0.3, 0.4) is 0 Å². The van der Waals surface area contributed by atoms with Gasteiger partial charge in [0, 0.05) is 17.3 Å². The van der Waals surface area contributed by atoms with E-state index in [0.29, 0.717) is 11.4 Å². The standard InChI is InChI=1S/C16H18ClN3O3S/c1-16(2,3)15(21)19-11-6-4-7-12(10-11)20-24(22,23)13-8-5-9-18-14(13)17/h4-10,20H,1-3H3,(H,19,21). The van der Waals surface area contributed by atoms with Gasteiger partial charge in [-0.1, -0.05) is 38.4 Å². The summed E-state index contributed by atoms with van der Waals surface area (Å²) in [6.45, 7) is 5.37. The zero-order chi connectivity index (χ0) is 18.0. The van der Waals surface area contributed by atoms with Crippen LogP contribution in [-0.4, -0.2) is 19.3 Å². The van der Waals surface area contributed by atoms with Crippen LogP contribution in [0, 0.1) is 5.41 Å². The van der Waals surface area contributed by atoms with Crippen LogP contribution < -0.4 is 10.0 Å². The van der Waals surface area contributed by atoms with Gasteiger partial charge in [0.2, 0.25) is 5.91 Å². The van der Waals surface area contributed by atoms with E-state index < -0.39 is 15.4 Å². The van der Waals surface area contributed by atoms with E-state index in [-0.39, 0.29) is 16.0 Å². The molecule has 1 aromatic heterocycles. The summed E-state index contributed by atoms with van der Waals surface area (Å²) in [5.41, 5.74) is 0.243. The fourth-order valence-corrected chi connectivity index (χ4v) is 3.26. The number of carbonyl (C=O) groups excluding carboxylic acids is 1. The molecule has 24 heavy (non-hydrogen) atoms. The molecule has 0 fully saturated rings. The van der Waals surface area contributed by atoms with Gasteiger partial charge in [-0.25, -0.2) is 13.4 Å². The first kappa shape index (κ1) is 18.2. The van der Waals surface area contributed by atoms with E-state index in [4.69, 9.17) is 11.6 Å². The normalized spacial score (nSPS) is 11.8. The maximum Gasteiger partial charge on any atom is 0.264 e. The average Bonchev–Trinajstić information content (AvgIpc) is 2.46. The fourth-order valence-electron chi connectivity index (χ4n) is 1.76. The Kier molecular flexibility index (Phi) is 5.15. The number of nitrogens with one attached hydrogen (secondary N) is 2. The Balaban J connectivity index is 2.24. The molecule has 2 N–H and O–H groups in total. The maximum atomic E-state index is 12.4. The second-order valence-electron chi connectivity index (χ2n) is 6.18. The summed E-state index contributed by atoms with van der Waals surface area (Å²) in [6.07, 6.45) is 1.41. The number of benzene rings is 1. The van der Waals surface area contributed by atoms with E-state index in [9.17, 15) is 13.2 Å². The lowest BCUT2D eigenvalue weighted by Gasteiger charge is -2.18. The van der Waals surface area contributed by atoms with Crippen molar-refractivity contribution in [3.05, 3.63) is 47.7 Å². The molecule has 1 aromatic carbocycles. The van der Waals surface area contributed by atoms with Crippen LogP contribution in [0.2, 0.25) is 5.15 Å². The SMILES string of the molecule is CC(C)(C)C(=O)Nc1cccc(NS(=O)(=O)c2cccnc2Cl)c1. The van der Waals surface area contributed by atoms with Gasteiger partial charge in [0.25, 0.3) is 10.0 Å². The highest BCUT2D eigenvalue weighted by molar-refractivity contribution is 7.92. The molecule has 2 aromatic rings. The Morgan fingerprint density at radius 3 is 2.42 bits per heavy atom. The van der Waals surface area contributed by atoms with Gasteiger partial charge < -0.3 is 5.32 Å². The molecular weight excluding hydrogens is 350 g/mol. The van der Waals surface area contributed by atoms with Crippen LogP contribution in [0.5, 0.6) is 0 Å². The summed E-state index contributed by atoms with van der Waals surface area (Å²) in [6, 6.07) is 9.28. The number of carbonyl (C=O) groups is 1. The molecule has 6 nitrogen and oxygen atoms in total. The Morgan fingerprint density at radius 2 is 1.79 bits per heavy atom. The zero-order valence-electron chi connectivity index (χ0n) is 13.5. The van der Waals surface area contributed by atoms with Crippen molar-refractivity contribution in [2.75, 3.05) is 10.0 Å². The fraction of sp³-hybridized carbons (Fsp3) is 0.250. The summed E-state index contributed by atoms with van der Waals surface area (Å²) >= 11 is 5.84. The predicted octanol–water partition coefficient (Wildman–Crippen LogP) is 3.52. The lowest BCUT2D eigenvalue weighted by molar-refractivity contribution is -0.123. The van der Waals surface area contributed by atoms with Crippen LogP contribution in [0.1, 0.15) is 20.8 Å². The third-order valence-corrected chi connectivity index (χ3v) is 4.89. The van der Waals surface area contributed by atoms with Crippen molar-refractivity contribution in [3.63, 3.8) is 0 Å². The minimum absolute atomic E-state index is 0.109. The molecule has 0 aliphatic carbocycles. The zero-order valence-corrected chi connectivity index (χ0v) is 15.1. The average molecular weight is 368 g/mol. The predicted molar refractivity (Wildman–Crippen MR) is 94.6 cm³/mol. The number of hydrogen-bond donors (Lipinski definition) is 2. The van der Waals surface area contributed by atoms with Crippen molar-refractivity contribution < 1.29 is 13.2 Å². The van der Waals surface area contributed by atoms with Crippen LogP contribution in [-0.2, 0) is 14.8 Å². The molecule has 0 saturated carbocycles. The van der Waals surface area contributed by atoms with Gasteiger partial charge in [-0.2, -0.15) is 0 Å². The topological polar surface area (TPSA) is 88.2 Å². The molecule has 0 atom stereocenters. The third-order valence-electron chi connectivity index (χ3n) is 3.07. The Hall–Kier alpha value is -2.12. The summed E-state index contributed by atoms with van der Waals surface area (Å²) < 4.78 is 27.2. The third kappa shape index (κ3) is 4.46. The largest absolute Gasteiger partial charge is 0.326 e. The molecule has 1 amide bonds. The van der Waals surface area contributed by atoms with Gasteiger partial charge in [-0.15, -0.1) is 0 Å². The Bertz CT molecular complexity index is 861. The summed E-state index contributed by atoms with van der Waals surface area (Å²) in [4.78, 5) is 15.7. The van der Waals surface area contributed by atoms with E-state index in [1.165, 1.54) is 24.4 Å². The number of amides is 1. The molecular formula is C16H18ClN3O3S. The van der Waals surface area contributed by atoms with Gasteiger partial charge in [0.05, 0.1) is 5.69 Å². The van der Waals surface area contributed by atoms with E-state index in [2.05, 4.69) is 15.0 Å². The van der Waals surface area contributed by atoms with Crippen molar-refractivity contribution in [2.24, 2.45) is 5.41 Å². The number of pyridine rings is 1. The monoisotopic (exact) mass is 367 g/mol. The molecule has 0 aliphatic rings. The lowest BCUT2D eigenvalue weighted by atomic mass is 9.95. The Labute approximate surface area is 146 Å². The first-order valence-electron chi connectivity index (χ1n) is 7.14. The highest BCUT2D eigenvalue weighted by Gasteiger charge is 2.22. The van der Waals surface area contributed by atoms with Crippen LogP contribution >= 0.6 is 11.6 Å². The van der Waals surface area contributed by atoms with Gasteiger partial charge in [0.15, 0.2) is 0 Å². The number of sulfonamides is 1. The first-order valence-corrected chi connectivity index (χ1v) is 9.00. The summed E-state index contributed by atoms with van der Waals surface area (Å²) in [5.74, 6) is -0.169. The van der Waals surface area contributed by atoms with Crippen LogP contribution in [0.15, 0.2) is 47.5 Å². The summed E-state index contributed by atoms with van der Waals surface area (Å²) in [5, 5.41) is 2.64. The molecule has 0 spiro atoms. The molecule has 0 radical (unpaired) electrons. The Morgan fingerprint density at radius 1 is 1.12 bits per heavy atom. The highest BCUT2D eigenvalue weighted by atomic mass is 35.5. The quantitative estimate of drug-likeness (QED) is 0.809. The molecule has 1 heterocycles. The number of aromatic nitrogens is 1. The number of hydrogen-bond acceptors (Lipinski definition) is 4. The number of halogens is 1. The molecule has 0 bridgehead atoms. The molecule has 2 rings (SSSR count). The van der Waals surface area contributed by atoms with E-state index in [1.54, 1.807) is 39.0 Å². The van der Waals surface area contributed by atoms with E-state index >= 15 is 0 Å². The van der Waals surface area contributed by atoms with Crippen molar-refractivity contribution in [1.29, 1.82) is 0 Å². The van der Waals surface area contributed by atoms with E-state index in [1.807, 2.05) is 0 Å². The minimum atomic E-state index is -3.87. The van der Waals surface area contributed by atoms with Crippen molar-refractivity contribution in [3.8, 4) is 0 Å². The van der Waals surface area contributed by atoms with Gasteiger partial charge in [-0.3, -0.25) is 9.52 Å². The molecule has 0 saturated heterocycles. The number of nitrogens with zero attached hydrogens (tertiary/aromatic N) is 1. The second kappa shape index (κ2) is 6.78. The number of rotatable bonds is 4. The first-order chi connectivity index (χ1) is 11.1. The smallest absolute Gasteiger partial charge is 0.264 e. The van der Waals surface area contributed by atoms with Crippen LogP contribution in [0.25, 0.3) is 0 Å². The van der Waals surface area contributed by atoms with Gasteiger partial charge >= 0.3 is 0 Å². The maximum absolute atomic E-state index is 12.4. The van der Waals surface area contributed by atoms with Crippen molar-refractivity contribution in [1.82, 2.24) is 4.98 Å². The molecule has 128 valence electrons. The highest BCUT2D eigenvalue weighted by Crippen LogP contribution is 2.24. The molecule has 8 heteroatoms. The van der Waals surface area contributed by atoms with Crippen molar-refractivity contribution >= 4 is 38.9 Å². The van der Waals surface area contributed by atoms with Gasteiger partial charge in [0.1, 0.15) is 10.0 Å². The van der Waals surface area contributed by atoms with Crippen LogP contribution in [0.4, 0.5) is 11.4 Å². The lowest BCUT2D eigenvalue weighted by Crippen LogP contribution is -2.27. The number of anilines is 2. The molecule has 0 unspecified atom stereocenters.